The van der Waals surface area contributed by atoms with Crippen molar-refractivity contribution in [3.8, 4) is 0 Å². The quantitative estimate of drug-likeness (QED) is 0.427. The fourth-order valence-electron chi connectivity index (χ4n) is 4.20. The zero-order valence-electron chi connectivity index (χ0n) is 19.4. The summed E-state index contributed by atoms with van der Waals surface area (Å²) in [5.41, 5.74) is 9.12. The van der Waals surface area contributed by atoms with Crippen molar-refractivity contribution in [2.45, 2.75) is 32.0 Å². The highest BCUT2D eigenvalue weighted by Crippen LogP contribution is 2.35. The van der Waals surface area contributed by atoms with Crippen molar-refractivity contribution in [2.75, 3.05) is 18.8 Å². The molecule has 2 aromatic carbocycles. The van der Waals surface area contributed by atoms with E-state index in [0.717, 1.165) is 28.4 Å². The van der Waals surface area contributed by atoms with Crippen LogP contribution in [0.2, 0.25) is 0 Å². The van der Waals surface area contributed by atoms with Crippen molar-refractivity contribution >= 4 is 46.0 Å². The van der Waals surface area contributed by atoms with E-state index in [-0.39, 0.29) is 43.5 Å². The molecule has 3 aromatic rings. The third-order valence-electron chi connectivity index (χ3n) is 5.87. The summed E-state index contributed by atoms with van der Waals surface area (Å²) in [4.78, 5) is 29.6. The van der Waals surface area contributed by atoms with Crippen LogP contribution in [0.3, 0.4) is 0 Å². The smallest absolute Gasteiger partial charge is 0.318 e. The van der Waals surface area contributed by atoms with Gasteiger partial charge in [0.05, 0.1) is 19.1 Å². The van der Waals surface area contributed by atoms with Gasteiger partial charge in [0.25, 0.3) is 0 Å². The molecule has 0 bridgehead atoms. The Bertz CT molecular complexity index is 1150. The third kappa shape index (κ3) is 6.73. The van der Waals surface area contributed by atoms with Crippen molar-refractivity contribution in [2.24, 2.45) is 7.05 Å². The van der Waals surface area contributed by atoms with Crippen LogP contribution in [0.1, 0.15) is 35.7 Å². The maximum atomic E-state index is 13.1. The number of nitrogens with one attached hydrogen (secondary N) is 1. The lowest BCUT2D eigenvalue weighted by molar-refractivity contribution is -0.131. The number of nitrogen functional groups attached to an aromatic ring is 1. The van der Waals surface area contributed by atoms with Gasteiger partial charge in [-0.3, -0.25) is 9.48 Å². The van der Waals surface area contributed by atoms with Crippen molar-refractivity contribution in [3.63, 3.8) is 0 Å². The largest absolute Gasteiger partial charge is 0.399 e. The summed E-state index contributed by atoms with van der Waals surface area (Å²) < 4.78 is 2.58. The number of hydrogen-bond acceptors (Lipinski definition) is 5. The summed E-state index contributed by atoms with van der Waals surface area (Å²) in [5.74, 6) is -0.0986. The molecule has 2 heterocycles. The number of nitrogens with two attached hydrogens (primary N) is 1. The monoisotopic (exact) mass is 561 g/mol. The lowest BCUT2D eigenvalue weighted by atomic mass is 10.0. The molecule has 1 saturated heterocycles. The predicted octanol–water partition coefficient (Wildman–Crippen LogP) is 3.66. The van der Waals surface area contributed by atoms with Crippen molar-refractivity contribution in [1.29, 1.82) is 0 Å². The lowest BCUT2D eigenvalue weighted by Gasteiger charge is -2.27. The first-order valence-corrected chi connectivity index (χ1v) is 12.0. The number of aromatic nitrogens is 3. The summed E-state index contributed by atoms with van der Waals surface area (Å²) in [5, 5.41) is 10.9. The molecule has 1 fully saturated rings. The lowest BCUT2D eigenvalue weighted by Crippen LogP contribution is -2.45. The van der Waals surface area contributed by atoms with Crippen LogP contribution < -0.4 is 11.1 Å². The summed E-state index contributed by atoms with van der Waals surface area (Å²) in [6, 6.07) is 15.0. The van der Waals surface area contributed by atoms with Crippen LogP contribution in [-0.2, 0) is 24.9 Å². The van der Waals surface area contributed by atoms with E-state index in [2.05, 4.69) is 31.6 Å². The van der Waals surface area contributed by atoms with Crippen LogP contribution >= 0.6 is 28.3 Å². The zero-order chi connectivity index (χ0) is 24.1. The van der Waals surface area contributed by atoms with Gasteiger partial charge in [-0.2, -0.15) is 0 Å². The zero-order valence-corrected chi connectivity index (χ0v) is 21.8. The number of anilines is 1. The Labute approximate surface area is 219 Å². The van der Waals surface area contributed by atoms with Crippen LogP contribution in [-0.4, -0.2) is 49.8 Å². The average molecular weight is 563 g/mol. The van der Waals surface area contributed by atoms with E-state index in [1.165, 1.54) is 0 Å². The molecule has 1 aromatic heterocycles. The molecule has 0 radical (unpaired) electrons. The van der Waals surface area contributed by atoms with E-state index in [4.69, 9.17) is 5.73 Å². The number of rotatable bonds is 7. The maximum absolute atomic E-state index is 13.1. The van der Waals surface area contributed by atoms with Crippen molar-refractivity contribution in [3.05, 3.63) is 76.0 Å². The number of hydrogen-bond donors (Lipinski definition) is 2. The molecule has 9 nitrogen and oxygen atoms in total. The molecule has 4 rings (SSSR count). The van der Waals surface area contributed by atoms with Gasteiger partial charge >= 0.3 is 6.03 Å². The number of benzene rings is 2. The Morgan fingerprint density at radius 3 is 2.60 bits per heavy atom. The van der Waals surface area contributed by atoms with Crippen LogP contribution in [0.5, 0.6) is 0 Å². The highest BCUT2D eigenvalue weighted by atomic mass is 79.9. The van der Waals surface area contributed by atoms with Crippen molar-refractivity contribution < 1.29 is 9.59 Å². The number of aryl methyl sites for hydroxylation is 1. The molecule has 11 heteroatoms. The molecule has 35 heavy (non-hydrogen) atoms. The van der Waals surface area contributed by atoms with Gasteiger partial charge in [0.15, 0.2) is 0 Å². The van der Waals surface area contributed by atoms with Crippen molar-refractivity contribution in [1.82, 2.24) is 30.1 Å². The molecule has 3 N–H and O–H groups in total. The maximum Gasteiger partial charge on any atom is 0.318 e. The normalized spacial score (nSPS) is 14.9. The predicted molar refractivity (Wildman–Crippen MR) is 140 cm³/mol. The molecule has 1 aliphatic heterocycles. The second-order valence-corrected chi connectivity index (χ2v) is 9.26. The Morgan fingerprint density at radius 2 is 1.91 bits per heavy atom. The van der Waals surface area contributed by atoms with Gasteiger partial charge < -0.3 is 20.9 Å². The summed E-state index contributed by atoms with van der Waals surface area (Å²) in [6.45, 7) is 1.22. The Kier molecular flexibility index (Phi) is 9.11. The van der Waals surface area contributed by atoms with Crippen LogP contribution in [0.25, 0.3) is 0 Å². The van der Waals surface area contributed by atoms with Gasteiger partial charge in [-0.25, -0.2) is 4.79 Å². The Morgan fingerprint density at radius 1 is 1.17 bits per heavy atom. The van der Waals surface area contributed by atoms with E-state index in [0.29, 0.717) is 24.5 Å². The first-order valence-electron chi connectivity index (χ1n) is 11.2. The molecule has 1 aliphatic rings. The molecule has 0 aliphatic carbocycles. The molecule has 3 amide bonds. The van der Waals surface area contributed by atoms with Crippen LogP contribution in [0.15, 0.2) is 59.2 Å². The van der Waals surface area contributed by atoms with Gasteiger partial charge in [-0.15, -0.1) is 17.5 Å². The second kappa shape index (κ2) is 12.0. The third-order valence-corrected chi connectivity index (χ3v) is 6.59. The molecule has 0 spiro atoms. The van der Waals surface area contributed by atoms with Gasteiger partial charge in [0, 0.05) is 36.5 Å². The minimum Gasteiger partial charge on any atom is -0.399 e. The fraction of sp³-hybridized carbons (Fsp3) is 0.333. The topological polar surface area (TPSA) is 109 Å². The molecule has 1 atom stereocenters. The standard InChI is InChI=1S/C24H28BrN7O2.ClH/c1-30-15-19(28-29-30)16-31(14-17-8-10-18(26)11-9-17)24(34)27-13-23(33)32-12-4-7-22(32)20-5-2-3-6-21(20)25;/h2-3,5-6,8-11,15,22H,4,7,12-14,16,26H2,1H3,(H,27,34);1H. The van der Waals surface area contributed by atoms with E-state index in [1.807, 2.05) is 41.3 Å². The van der Waals surface area contributed by atoms with E-state index >= 15 is 0 Å². The number of carbonyl (C=O) groups is 2. The minimum atomic E-state index is -0.340. The van der Waals surface area contributed by atoms with E-state index < -0.39 is 0 Å². The second-order valence-electron chi connectivity index (χ2n) is 8.41. The first kappa shape index (κ1) is 26.5. The fourth-order valence-corrected chi connectivity index (χ4v) is 4.75. The summed E-state index contributed by atoms with van der Waals surface area (Å²) >= 11 is 3.60. The van der Waals surface area contributed by atoms with Crippen LogP contribution in [0, 0.1) is 0 Å². The minimum absolute atomic E-state index is 0. The first-order chi connectivity index (χ1) is 16.4. The highest BCUT2D eigenvalue weighted by molar-refractivity contribution is 9.10. The average Bonchev–Trinajstić information content (AvgIpc) is 3.47. The molecular weight excluding hydrogens is 534 g/mol. The summed E-state index contributed by atoms with van der Waals surface area (Å²) in [7, 11) is 1.77. The number of carbonyl (C=O) groups excluding carboxylic acids is 2. The van der Waals surface area contributed by atoms with Gasteiger partial charge in [0.1, 0.15) is 5.69 Å². The SMILES string of the molecule is Cl.Cn1cc(CN(Cc2ccc(N)cc2)C(=O)NCC(=O)N2CCCC2c2ccccc2Br)nn1. The van der Waals surface area contributed by atoms with Gasteiger partial charge in [0.2, 0.25) is 5.91 Å². The number of halogens is 2. The Balaban J connectivity index is 0.00000342. The summed E-state index contributed by atoms with van der Waals surface area (Å²) in [6.07, 6.45) is 3.60. The molecule has 1 unspecified atom stereocenters. The number of amides is 3. The van der Waals surface area contributed by atoms with E-state index in [9.17, 15) is 9.59 Å². The van der Waals surface area contributed by atoms with Crippen LogP contribution in [0.4, 0.5) is 10.5 Å². The molecule has 186 valence electrons. The number of urea groups is 1. The highest BCUT2D eigenvalue weighted by Gasteiger charge is 2.31. The van der Waals surface area contributed by atoms with E-state index in [1.54, 1.807) is 35.0 Å². The molecule has 0 saturated carbocycles. The number of likely N-dealkylation sites (tertiary alicyclic amines) is 1. The number of nitrogens with zero attached hydrogens (tertiary/aromatic N) is 5. The van der Waals surface area contributed by atoms with Gasteiger partial charge in [-0.1, -0.05) is 51.5 Å². The molecular formula is C24H29BrClN7O2. The van der Waals surface area contributed by atoms with Gasteiger partial charge in [-0.05, 0) is 42.2 Å². The Hall–Kier alpha value is -3.11.